The van der Waals surface area contributed by atoms with Crippen LogP contribution >= 0.6 is 0 Å². The Balaban J connectivity index is -0.000000320. The molecule has 0 aromatic rings. The first kappa shape index (κ1) is 17.2. The number of hydrogen-bond acceptors (Lipinski definition) is 5. The average Bonchev–Trinajstić information content (AvgIpc) is 1.82. The van der Waals surface area contributed by atoms with Gasteiger partial charge in [-0.25, -0.2) is 0 Å². The van der Waals surface area contributed by atoms with Gasteiger partial charge in [0.15, 0.2) is 0 Å². The molecule has 0 aliphatic rings. The maximum Gasteiger partial charge on any atom is 0.0444 e. The van der Waals surface area contributed by atoms with Crippen LogP contribution in [0.25, 0.3) is 0 Å². The number of allylic oxidation sites excluding steroid dienone is 1. The van der Waals surface area contributed by atoms with E-state index >= 15 is 0 Å². The van der Waals surface area contributed by atoms with Crippen LogP contribution in [-0.2, 0) is 39.0 Å². The Morgan fingerprint density at radius 1 is 1.18 bits per heavy atom. The molecule has 0 radical (unpaired) electrons. The van der Waals surface area contributed by atoms with Crippen molar-refractivity contribution in [2.75, 3.05) is 0 Å². The van der Waals surface area contributed by atoms with Gasteiger partial charge in [0, 0.05) is 44.8 Å². The van der Waals surface area contributed by atoms with Crippen molar-refractivity contribution in [3.63, 3.8) is 0 Å². The summed E-state index contributed by atoms with van der Waals surface area (Å²) in [4.78, 5) is 0. The van der Waals surface area contributed by atoms with Gasteiger partial charge in [-0.2, -0.15) is 0 Å². The van der Waals surface area contributed by atoms with E-state index in [1.807, 2.05) is 0 Å². The van der Waals surface area contributed by atoms with E-state index in [1.54, 1.807) is 0 Å². The number of hydrogen-bond donors (Lipinski definition) is 5. The minimum atomic E-state index is 0. The zero-order valence-electron chi connectivity index (χ0n) is 6.30. The summed E-state index contributed by atoms with van der Waals surface area (Å²) in [7, 11) is 0. The van der Waals surface area contributed by atoms with Crippen LogP contribution in [0.15, 0.2) is 17.6 Å². The van der Waals surface area contributed by atoms with Crippen molar-refractivity contribution in [1.29, 1.82) is 0 Å². The van der Waals surface area contributed by atoms with Crippen molar-refractivity contribution >= 4 is 0 Å². The molecule has 0 aromatic heterocycles. The summed E-state index contributed by atoms with van der Waals surface area (Å²) in [6.45, 7) is 5.07. The second kappa shape index (κ2) is 10.0. The van der Waals surface area contributed by atoms with Crippen LogP contribution in [0.5, 0.6) is 0 Å². The Labute approximate surface area is 91.3 Å². The molecule has 8 N–H and O–H groups in total. The number of rotatable bonds is 3. The fourth-order valence-corrected chi connectivity index (χ4v) is 0.292. The molecule has 0 amide bonds. The van der Waals surface area contributed by atoms with E-state index in [-0.39, 0.29) is 44.7 Å². The normalized spacial score (nSPS) is 6.36. The van der Waals surface area contributed by atoms with Crippen LogP contribution < -0.4 is 28.3 Å². The minimum Gasteiger partial charge on any atom is -0.432 e. The Kier molecular flexibility index (Phi) is 15.7. The molecule has 0 saturated heterocycles. The van der Waals surface area contributed by atoms with E-state index in [2.05, 4.69) is 10.9 Å². The van der Waals surface area contributed by atoms with Crippen molar-refractivity contribution in [3.05, 3.63) is 24.2 Å². The summed E-state index contributed by atoms with van der Waals surface area (Å²) < 4.78 is 0. The third-order valence-electron chi connectivity index (χ3n) is 0.622. The summed E-state index contributed by atoms with van der Waals surface area (Å²) in [6, 6.07) is 0. The number of hydrazine groups is 2. The van der Waals surface area contributed by atoms with Gasteiger partial charge in [0.05, 0.1) is 0 Å². The van der Waals surface area contributed by atoms with Gasteiger partial charge >= 0.3 is 0 Å². The zero-order chi connectivity index (χ0) is 7.28. The second-order valence-corrected chi connectivity index (χ2v) is 1.35. The first-order valence-corrected chi connectivity index (χ1v) is 2.23. The topological polar surface area (TPSA) is 102 Å². The molecule has 0 unspecified atom stereocenters. The maximum atomic E-state index is 5.07. The first-order valence-electron chi connectivity index (χ1n) is 2.23. The summed E-state index contributed by atoms with van der Waals surface area (Å²) >= 11 is 0. The van der Waals surface area contributed by atoms with E-state index in [1.165, 1.54) is 6.08 Å². The number of nitrogens with one attached hydrogen (secondary N) is 2. The monoisotopic (exact) mass is 256 g/mol. The molecule has 0 aliphatic carbocycles. The summed E-state index contributed by atoms with van der Waals surface area (Å²) in [5.41, 5.74) is 9.65. The Hall–Kier alpha value is 0.0468. The molecular formula is C4H10N5Zn2-. The molecule has 0 spiro atoms. The van der Waals surface area contributed by atoms with Gasteiger partial charge in [-0.05, 0) is 0 Å². The van der Waals surface area contributed by atoms with E-state index in [9.17, 15) is 0 Å². The van der Waals surface area contributed by atoms with Gasteiger partial charge in [0.25, 0.3) is 0 Å². The van der Waals surface area contributed by atoms with Gasteiger partial charge in [-0.3, -0.25) is 18.3 Å². The minimum absolute atomic E-state index is 0. The molecule has 0 aromatic carbocycles. The molecule has 0 bridgehead atoms. The van der Waals surface area contributed by atoms with Gasteiger partial charge in [-0.15, -0.1) is 11.8 Å². The predicted octanol–water partition coefficient (Wildman–Crippen LogP) is -1.98. The van der Waals surface area contributed by atoms with Crippen LogP contribution in [0.3, 0.4) is 0 Å². The van der Waals surface area contributed by atoms with Crippen LogP contribution in [0, 0.1) is 6.58 Å². The Morgan fingerprint density at radius 3 is 1.64 bits per heavy atom. The van der Waals surface area contributed by atoms with Gasteiger partial charge in [0.1, 0.15) is 0 Å². The fourth-order valence-electron chi connectivity index (χ4n) is 0.292. The summed E-state index contributed by atoms with van der Waals surface area (Å²) in [5, 5.41) is 0. The summed E-state index contributed by atoms with van der Waals surface area (Å²) in [6.07, 6.45) is 1.36. The zero-order valence-corrected chi connectivity index (χ0v) is 12.2. The molecule has 0 heterocycles. The average molecular weight is 259 g/mol. The first-order chi connectivity index (χ1) is 4.20. The molecule has 0 rings (SSSR count). The fraction of sp³-hybridized carbons (Fsp3) is 0. The molecular weight excluding hydrogens is 249 g/mol. The standard InChI is InChI=1S/C4H10N5.2Zn/c1-3(5)2-4(8-6)9-7;;/h1-2,8-9H,5-7H2;;/q-1;;. The van der Waals surface area contributed by atoms with Crippen molar-refractivity contribution in [3.8, 4) is 0 Å². The molecule has 0 atom stereocenters. The Bertz CT molecular complexity index is 128. The molecule has 7 heteroatoms. The van der Waals surface area contributed by atoms with Crippen molar-refractivity contribution in [2.24, 2.45) is 17.4 Å². The van der Waals surface area contributed by atoms with Crippen LogP contribution in [0.1, 0.15) is 0 Å². The van der Waals surface area contributed by atoms with Gasteiger partial charge in [-0.1, -0.05) is 0 Å². The molecule has 0 saturated carbocycles. The predicted molar refractivity (Wildman–Crippen MR) is 34.7 cm³/mol. The third-order valence-corrected chi connectivity index (χ3v) is 0.622. The largest absolute Gasteiger partial charge is 0.432 e. The maximum absolute atomic E-state index is 5.07. The molecule has 0 aliphatic heterocycles. The Morgan fingerprint density at radius 2 is 1.55 bits per heavy atom. The van der Waals surface area contributed by atoms with E-state index in [0.29, 0.717) is 5.82 Å². The molecule has 5 nitrogen and oxygen atoms in total. The second-order valence-electron chi connectivity index (χ2n) is 1.35. The smallest absolute Gasteiger partial charge is 0.0444 e. The van der Waals surface area contributed by atoms with Crippen molar-refractivity contribution in [2.45, 2.75) is 0 Å². The SMILES string of the molecule is [CH-]=C(N)C=C(NN)NN.[Zn].[Zn]. The molecule has 56 valence electrons. The van der Waals surface area contributed by atoms with Crippen LogP contribution in [0.2, 0.25) is 0 Å². The van der Waals surface area contributed by atoms with Crippen LogP contribution in [0.4, 0.5) is 0 Å². The van der Waals surface area contributed by atoms with Crippen LogP contribution in [-0.4, -0.2) is 0 Å². The third kappa shape index (κ3) is 10.0. The van der Waals surface area contributed by atoms with Crippen molar-refractivity contribution < 1.29 is 39.0 Å². The quantitative estimate of drug-likeness (QED) is 0.133. The van der Waals surface area contributed by atoms with E-state index < -0.39 is 0 Å². The number of nitrogens with two attached hydrogens (primary N) is 3. The van der Waals surface area contributed by atoms with Gasteiger partial charge in [0.2, 0.25) is 0 Å². The van der Waals surface area contributed by atoms with E-state index in [0.717, 1.165) is 0 Å². The molecule has 11 heavy (non-hydrogen) atoms. The molecule has 0 fully saturated rings. The van der Waals surface area contributed by atoms with Gasteiger partial charge < -0.3 is 16.6 Å². The van der Waals surface area contributed by atoms with E-state index in [4.69, 9.17) is 24.0 Å². The van der Waals surface area contributed by atoms with Crippen molar-refractivity contribution in [1.82, 2.24) is 10.9 Å². The summed E-state index contributed by atoms with van der Waals surface area (Å²) in [5.74, 6) is 10.2.